The van der Waals surface area contributed by atoms with E-state index < -0.39 is 40.4 Å². The Bertz CT molecular complexity index is 464. The molecule has 0 amide bonds. The van der Waals surface area contributed by atoms with Crippen molar-refractivity contribution in [3.63, 3.8) is 0 Å². The summed E-state index contributed by atoms with van der Waals surface area (Å²) in [7, 11) is 0. The average Bonchev–Trinajstić information content (AvgIpc) is 2.11. The fourth-order valence-electron chi connectivity index (χ4n) is 1.08. The Hall–Kier alpha value is -1.59. The Balaban J connectivity index is 3.24. The van der Waals surface area contributed by atoms with Crippen LogP contribution in [-0.4, -0.2) is 11.6 Å². The third-order valence-electron chi connectivity index (χ3n) is 1.72. The van der Waals surface area contributed by atoms with E-state index in [2.05, 4.69) is 4.74 Å². The third kappa shape index (κ3) is 2.95. The SMILES string of the molecule is CC(C)(C)OC(=O)c1c(F)cc(F)c(F)c1F. The van der Waals surface area contributed by atoms with Crippen LogP contribution in [0.5, 0.6) is 0 Å². The monoisotopic (exact) mass is 250 g/mol. The molecule has 6 heteroatoms. The van der Waals surface area contributed by atoms with Crippen molar-refractivity contribution in [2.75, 3.05) is 0 Å². The number of esters is 1. The minimum Gasteiger partial charge on any atom is -0.456 e. The quantitative estimate of drug-likeness (QED) is 0.331. The van der Waals surface area contributed by atoms with Crippen LogP contribution < -0.4 is 0 Å². The van der Waals surface area contributed by atoms with Crippen molar-refractivity contribution in [1.82, 2.24) is 0 Å². The maximum absolute atomic E-state index is 13.2. The zero-order chi connectivity index (χ0) is 13.4. The van der Waals surface area contributed by atoms with Crippen LogP contribution in [0.1, 0.15) is 31.1 Å². The van der Waals surface area contributed by atoms with Crippen LogP contribution in [0, 0.1) is 23.3 Å². The number of hydrogen-bond donors (Lipinski definition) is 0. The number of carbonyl (C=O) groups is 1. The first-order valence-corrected chi connectivity index (χ1v) is 4.70. The molecule has 2 nitrogen and oxygen atoms in total. The van der Waals surface area contributed by atoms with E-state index >= 15 is 0 Å². The van der Waals surface area contributed by atoms with Gasteiger partial charge in [-0.05, 0) is 20.8 Å². The molecule has 0 aliphatic carbocycles. The van der Waals surface area contributed by atoms with Crippen LogP contribution in [0.3, 0.4) is 0 Å². The Labute approximate surface area is 95.2 Å². The van der Waals surface area contributed by atoms with Gasteiger partial charge in [0.1, 0.15) is 17.0 Å². The highest BCUT2D eigenvalue weighted by atomic mass is 19.2. The van der Waals surface area contributed by atoms with Gasteiger partial charge < -0.3 is 4.74 Å². The molecule has 0 spiro atoms. The molecule has 0 aromatic heterocycles. The van der Waals surface area contributed by atoms with Gasteiger partial charge in [-0.15, -0.1) is 0 Å². The van der Waals surface area contributed by atoms with E-state index in [9.17, 15) is 22.4 Å². The number of hydrogen-bond acceptors (Lipinski definition) is 2. The second kappa shape index (κ2) is 4.35. The van der Waals surface area contributed by atoms with Crippen LogP contribution in [0.25, 0.3) is 0 Å². The summed E-state index contributed by atoms with van der Waals surface area (Å²) in [5.74, 6) is -8.39. The van der Waals surface area contributed by atoms with Gasteiger partial charge in [0.15, 0.2) is 17.5 Å². The van der Waals surface area contributed by atoms with E-state index in [1.807, 2.05) is 0 Å². The van der Waals surface area contributed by atoms with E-state index in [1.165, 1.54) is 20.8 Å². The lowest BCUT2D eigenvalue weighted by Crippen LogP contribution is -2.25. The highest BCUT2D eigenvalue weighted by Crippen LogP contribution is 2.21. The van der Waals surface area contributed by atoms with E-state index in [1.54, 1.807) is 0 Å². The molecule has 0 aliphatic heterocycles. The molecule has 1 aromatic carbocycles. The minimum atomic E-state index is -1.91. The predicted molar refractivity (Wildman–Crippen MR) is 51.4 cm³/mol. The number of rotatable bonds is 1. The molecular weight excluding hydrogens is 240 g/mol. The van der Waals surface area contributed by atoms with E-state index in [-0.39, 0.29) is 6.07 Å². The fraction of sp³-hybridized carbons (Fsp3) is 0.364. The number of benzene rings is 1. The maximum atomic E-state index is 13.2. The first-order valence-electron chi connectivity index (χ1n) is 4.70. The molecular formula is C11H10F4O2. The Morgan fingerprint density at radius 2 is 1.59 bits per heavy atom. The molecule has 0 unspecified atom stereocenters. The van der Waals surface area contributed by atoms with Crippen molar-refractivity contribution in [3.8, 4) is 0 Å². The van der Waals surface area contributed by atoms with Crippen LogP contribution >= 0.6 is 0 Å². The van der Waals surface area contributed by atoms with Gasteiger partial charge in [-0.25, -0.2) is 22.4 Å². The summed E-state index contributed by atoms with van der Waals surface area (Å²) in [6.07, 6.45) is 0. The molecule has 17 heavy (non-hydrogen) atoms. The van der Waals surface area contributed by atoms with Gasteiger partial charge in [-0.2, -0.15) is 0 Å². The molecule has 0 atom stereocenters. The molecule has 0 heterocycles. The molecule has 0 bridgehead atoms. The third-order valence-corrected chi connectivity index (χ3v) is 1.72. The summed E-state index contributed by atoms with van der Waals surface area (Å²) in [4.78, 5) is 11.4. The summed E-state index contributed by atoms with van der Waals surface area (Å²) in [6.45, 7) is 4.42. The van der Waals surface area contributed by atoms with Crippen LogP contribution in [-0.2, 0) is 4.74 Å². The summed E-state index contributed by atoms with van der Waals surface area (Å²) >= 11 is 0. The van der Waals surface area contributed by atoms with Gasteiger partial charge in [0, 0.05) is 6.07 Å². The van der Waals surface area contributed by atoms with E-state index in [4.69, 9.17) is 0 Å². The topological polar surface area (TPSA) is 26.3 Å². The van der Waals surface area contributed by atoms with Crippen LogP contribution in [0.2, 0.25) is 0 Å². The van der Waals surface area contributed by atoms with Gasteiger partial charge >= 0.3 is 5.97 Å². The van der Waals surface area contributed by atoms with Crippen LogP contribution in [0.4, 0.5) is 17.6 Å². The maximum Gasteiger partial charge on any atom is 0.344 e. The Kier molecular flexibility index (Phi) is 3.45. The van der Waals surface area contributed by atoms with Crippen molar-refractivity contribution < 1.29 is 27.1 Å². The first-order chi connectivity index (χ1) is 7.63. The normalized spacial score (nSPS) is 11.5. The summed E-state index contributed by atoms with van der Waals surface area (Å²) in [6, 6.07) is 0.0949. The largest absolute Gasteiger partial charge is 0.456 e. The lowest BCUT2D eigenvalue weighted by Gasteiger charge is -2.19. The minimum absolute atomic E-state index is 0.0949. The standard InChI is InChI=1S/C11H10F4O2/c1-11(2,3)17-10(16)7-5(12)4-6(13)8(14)9(7)15/h4H,1-3H3. The van der Waals surface area contributed by atoms with E-state index in [0.29, 0.717) is 0 Å². The predicted octanol–water partition coefficient (Wildman–Crippen LogP) is 3.20. The lowest BCUT2D eigenvalue weighted by molar-refractivity contribution is 0.00581. The summed E-state index contributed by atoms with van der Waals surface area (Å²) < 4.78 is 56.5. The van der Waals surface area contributed by atoms with Gasteiger partial charge in [0.2, 0.25) is 0 Å². The molecule has 0 aliphatic rings. The molecule has 0 fully saturated rings. The second-order valence-electron chi connectivity index (χ2n) is 4.35. The highest BCUT2D eigenvalue weighted by Gasteiger charge is 2.28. The summed E-state index contributed by atoms with van der Waals surface area (Å²) in [5.41, 5.74) is -2.24. The molecule has 0 radical (unpaired) electrons. The molecule has 0 saturated carbocycles. The Morgan fingerprint density at radius 3 is 2.06 bits per heavy atom. The van der Waals surface area contributed by atoms with Crippen LogP contribution in [0.15, 0.2) is 6.07 Å². The van der Waals surface area contributed by atoms with Crippen molar-refractivity contribution >= 4 is 5.97 Å². The molecule has 0 saturated heterocycles. The van der Waals surface area contributed by atoms with Gasteiger partial charge in [-0.1, -0.05) is 0 Å². The molecule has 0 N–H and O–H groups in total. The molecule has 1 aromatic rings. The van der Waals surface area contributed by atoms with Crippen molar-refractivity contribution in [3.05, 3.63) is 34.9 Å². The highest BCUT2D eigenvalue weighted by molar-refractivity contribution is 5.90. The number of halogens is 4. The Morgan fingerprint density at radius 1 is 1.06 bits per heavy atom. The molecule has 1 rings (SSSR count). The van der Waals surface area contributed by atoms with Gasteiger partial charge in [0.25, 0.3) is 0 Å². The average molecular weight is 250 g/mol. The van der Waals surface area contributed by atoms with Gasteiger partial charge in [-0.3, -0.25) is 0 Å². The van der Waals surface area contributed by atoms with Gasteiger partial charge in [0.05, 0.1) is 0 Å². The number of carbonyl (C=O) groups excluding carboxylic acids is 1. The van der Waals surface area contributed by atoms with Crippen molar-refractivity contribution in [1.29, 1.82) is 0 Å². The lowest BCUT2D eigenvalue weighted by atomic mass is 10.1. The van der Waals surface area contributed by atoms with Crippen molar-refractivity contribution in [2.24, 2.45) is 0 Å². The summed E-state index contributed by atoms with van der Waals surface area (Å²) in [5, 5.41) is 0. The molecule has 94 valence electrons. The zero-order valence-electron chi connectivity index (χ0n) is 9.41. The van der Waals surface area contributed by atoms with E-state index in [0.717, 1.165) is 0 Å². The van der Waals surface area contributed by atoms with Crippen molar-refractivity contribution in [2.45, 2.75) is 26.4 Å². The second-order valence-corrected chi connectivity index (χ2v) is 4.35. The smallest absolute Gasteiger partial charge is 0.344 e. The fourth-order valence-corrected chi connectivity index (χ4v) is 1.08. The number of ether oxygens (including phenoxy) is 1. The zero-order valence-corrected chi connectivity index (χ0v) is 9.41. The first kappa shape index (κ1) is 13.5.